The predicted octanol–water partition coefficient (Wildman–Crippen LogP) is 8.27. The Morgan fingerprint density at radius 3 is 2.03 bits per heavy atom. The second-order valence-corrected chi connectivity index (χ2v) is 21.7. The molecule has 37 heavy (non-hydrogen) atoms. The van der Waals surface area contributed by atoms with Gasteiger partial charge >= 0.3 is 222 Å². The summed E-state index contributed by atoms with van der Waals surface area (Å²) < 4.78 is 10.5. The summed E-state index contributed by atoms with van der Waals surface area (Å²) in [6.07, 6.45) is 2.10. The number of aromatic nitrogens is 1. The average Bonchev–Trinajstić information content (AvgIpc) is 3.27. The van der Waals surface area contributed by atoms with E-state index in [0.717, 1.165) is 16.9 Å². The number of fused-ring (bicyclic) bond motifs is 3. The molecule has 0 aliphatic heterocycles. The normalized spacial score (nSPS) is 11.9. The van der Waals surface area contributed by atoms with Gasteiger partial charge in [0.2, 0.25) is 0 Å². The van der Waals surface area contributed by atoms with Gasteiger partial charge in [0.05, 0.1) is 0 Å². The zero-order valence-electron chi connectivity index (χ0n) is 22.2. The summed E-state index contributed by atoms with van der Waals surface area (Å²) in [4.78, 5) is 0. The number of rotatable bonds is 4. The molecule has 0 aliphatic rings. The Bertz CT molecular complexity index is 1760. The van der Waals surface area contributed by atoms with Crippen LogP contribution in [0, 0.1) is 6.92 Å². The van der Waals surface area contributed by atoms with Gasteiger partial charge in [0.25, 0.3) is 0 Å². The Morgan fingerprint density at radius 2 is 1.32 bits per heavy atom. The SMILES string of the molecule is Cc1ccc2c(oc3c(-c4ccc(-c5ccccc5)cc4)c[c]([Ge]([CH3])([CH3])[CH3])cc32)c1-c1cccc[n+]1C. The summed E-state index contributed by atoms with van der Waals surface area (Å²) in [5, 5.41) is 2.41. The van der Waals surface area contributed by atoms with Crippen molar-refractivity contribution in [2.24, 2.45) is 7.05 Å². The van der Waals surface area contributed by atoms with Gasteiger partial charge < -0.3 is 0 Å². The molecule has 0 saturated carbocycles. The average molecular weight is 543 g/mol. The predicted molar refractivity (Wildman–Crippen MR) is 159 cm³/mol. The molecular weight excluding hydrogens is 511 g/mol. The Morgan fingerprint density at radius 1 is 0.649 bits per heavy atom. The van der Waals surface area contributed by atoms with Crippen LogP contribution in [-0.4, -0.2) is 13.3 Å². The summed E-state index contributed by atoms with van der Waals surface area (Å²) in [5.41, 5.74) is 10.3. The van der Waals surface area contributed by atoms with Gasteiger partial charge in [-0.05, 0) is 0 Å². The minimum absolute atomic E-state index is 0.970. The van der Waals surface area contributed by atoms with E-state index in [-0.39, 0.29) is 0 Å². The number of hydrogen-bond acceptors (Lipinski definition) is 1. The van der Waals surface area contributed by atoms with Gasteiger partial charge in [0, 0.05) is 0 Å². The van der Waals surface area contributed by atoms with Gasteiger partial charge in [-0.2, -0.15) is 0 Å². The van der Waals surface area contributed by atoms with Crippen molar-refractivity contribution in [3.63, 3.8) is 0 Å². The Hall–Kier alpha value is -3.63. The van der Waals surface area contributed by atoms with E-state index in [0.29, 0.717) is 0 Å². The molecule has 0 N–H and O–H groups in total. The molecule has 2 heterocycles. The summed E-state index contributed by atoms with van der Waals surface area (Å²) in [6.45, 7) is 2.17. The number of benzene rings is 4. The molecule has 6 aromatic rings. The van der Waals surface area contributed by atoms with Gasteiger partial charge in [-0.1, -0.05) is 0 Å². The van der Waals surface area contributed by atoms with Crippen LogP contribution in [0.15, 0.2) is 108 Å². The third-order valence-corrected chi connectivity index (χ3v) is 11.7. The first-order valence-electron chi connectivity index (χ1n) is 12.9. The van der Waals surface area contributed by atoms with E-state index in [4.69, 9.17) is 4.42 Å². The van der Waals surface area contributed by atoms with Crippen LogP contribution in [0.3, 0.4) is 0 Å². The van der Waals surface area contributed by atoms with E-state index in [9.17, 15) is 0 Å². The van der Waals surface area contributed by atoms with Gasteiger partial charge in [0.1, 0.15) is 0 Å². The molecule has 6 rings (SSSR count). The fourth-order valence-corrected chi connectivity index (χ4v) is 7.68. The van der Waals surface area contributed by atoms with Crippen LogP contribution in [0.4, 0.5) is 0 Å². The van der Waals surface area contributed by atoms with Crippen molar-refractivity contribution in [1.29, 1.82) is 0 Å². The molecule has 3 heteroatoms. The van der Waals surface area contributed by atoms with E-state index in [2.05, 4.69) is 139 Å². The summed E-state index contributed by atoms with van der Waals surface area (Å²) >= 11 is -2.14. The maximum absolute atomic E-state index is 6.85. The van der Waals surface area contributed by atoms with Crippen LogP contribution in [0.25, 0.3) is 55.4 Å². The molecule has 0 unspecified atom stereocenters. The van der Waals surface area contributed by atoms with Crippen LogP contribution in [-0.2, 0) is 7.05 Å². The number of furan rings is 1. The topological polar surface area (TPSA) is 17.0 Å². The van der Waals surface area contributed by atoms with Crippen molar-refractivity contribution in [3.05, 3.63) is 109 Å². The quantitative estimate of drug-likeness (QED) is 0.162. The van der Waals surface area contributed by atoms with E-state index in [1.165, 1.54) is 48.5 Å². The first-order valence-corrected chi connectivity index (χ1v) is 20.3. The van der Waals surface area contributed by atoms with E-state index < -0.39 is 13.3 Å². The zero-order valence-corrected chi connectivity index (χ0v) is 24.3. The van der Waals surface area contributed by atoms with Crippen molar-refractivity contribution >= 4 is 39.6 Å². The Balaban J connectivity index is 1.63. The number of nitrogens with zero attached hydrogens (tertiary/aromatic N) is 1. The number of hydrogen-bond donors (Lipinski definition) is 0. The van der Waals surface area contributed by atoms with Gasteiger partial charge in [0.15, 0.2) is 0 Å². The van der Waals surface area contributed by atoms with Gasteiger partial charge in [-0.3, -0.25) is 0 Å². The third kappa shape index (κ3) is 4.20. The third-order valence-electron chi connectivity index (χ3n) is 7.43. The summed E-state index contributed by atoms with van der Waals surface area (Å²) in [6, 6.07) is 35.1. The van der Waals surface area contributed by atoms with Crippen LogP contribution in [0.5, 0.6) is 0 Å². The summed E-state index contributed by atoms with van der Waals surface area (Å²) in [5.74, 6) is 7.39. The molecule has 0 radical (unpaired) electrons. The summed E-state index contributed by atoms with van der Waals surface area (Å²) in [7, 11) is 2.10. The van der Waals surface area contributed by atoms with Crippen molar-refractivity contribution in [2.45, 2.75) is 24.2 Å². The fourth-order valence-electron chi connectivity index (χ4n) is 5.26. The molecule has 2 nitrogen and oxygen atoms in total. The van der Waals surface area contributed by atoms with Crippen molar-refractivity contribution in [2.75, 3.05) is 0 Å². The molecule has 0 atom stereocenters. The van der Waals surface area contributed by atoms with E-state index >= 15 is 0 Å². The van der Waals surface area contributed by atoms with Crippen LogP contribution in [0.2, 0.25) is 17.3 Å². The second kappa shape index (κ2) is 9.04. The molecule has 4 aromatic carbocycles. The standard InChI is InChI=1S/C34H32GeNO/c1-23-14-19-28-30-22-27(35(2,3)4)21-29(26-17-15-25(16-18-26)24-11-7-6-8-12-24)33(30)37-34(28)32(23)31-13-9-10-20-36(31)5/h6-22H,1-5H3/q+1. The minimum atomic E-state index is -2.14. The Labute approximate surface area is 221 Å². The first kappa shape index (κ1) is 23.8. The molecule has 0 bridgehead atoms. The zero-order chi connectivity index (χ0) is 25.7. The molecule has 0 spiro atoms. The number of aryl methyl sites for hydroxylation is 2. The molecule has 182 valence electrons. The molecular formula is C34H32GeNO+. The Kier molecular flexibility index (Phi) is 5.80. The van der Waals surface area contributed by atoms with Crippen LogP contribution in [0.1, 0.15) is 5.56 Å². The van der Waals surface area contributed by atoms with Crippen LogP contribution >= 0.6 is 0 Å². The monoisotopic (exact) mass is 544 g/mol. The molecule has 0 fully saturated rings. The van der Waals surface area contributed by atoms with E-state index in [1.807, 2.05) is 0 Å². The van der Waals surface area contributed by atoms with Gasteiger partial charge in [-0.25, -0.2) is 0 Å². The van der Waals surface area contributed by atoms with Crippen LogP contribution < -0.4 is 8.96 Å². The molecule has 0 saturated heterocycles. The van der Waals surface area contributed by atoms with Crippen molar-refractivity contribution < 1.29 is 8.98 Å². The second-order valence-electron chi connectivity index (χ2n) is 11.0. The molecule has 0 aliphatic carbocycles. The number of pyridine rings is 1. The first-order chi connectivity index (χ1) is 17.8. The van der Waals surface area contributed by atoms with E-state index in [1.54, 1.807) is 0 Å². The maximum atomic E-state index is 6.85. The van der Waals surface area contributed by atoms with Crippen molar-refractivity contribution in [3.8, 4) is 33.5 Å². The van der Waals surface area contributed by atoms with Crippen molar-refractivity contribution in [1.82, 2.24) is 0 Å². The molecule has 0 amide bonds. The van der Waals surface area contributed by atoms with Gasteiger partial charge in [-0.15, -0.1) is 0 Å². The fraction of sp³-hybridized carbons (Fsp3) is 0.147. The molecule has 2 aromatic heterocycles.